The van der Waals surface area contributed by atoms with Crippen molar-refractivity contribution >= 4 is 5.69 Å². The van der Waals surface area contributed by atoms with Crippen molar-refractivity contribution in [2.75, 3.05) is 18.8 Å². The maximum Gasteiger partial charge on any atom is 0.0346 e. The Kier molecular flexibility index (Phi) is 3.72. The third kappa shape index (κ3) is 3.47. The molecule has 1 aliphatic rings. The van der Waals surface area contributed by atoms with E-state index in [9.17, 15) is 0 Å². The summed E-state index contributed by atoms with van der Waals surface area (Å²) in [5, 5.41) is 3.55. The van der Waals surface area contributed by atoms with Gasteiger partial charge in [0.1, 0.15) is 0 Å². The van der Waals surface area contributed by atoms with Crippen LogP contribution in [-0.4, -0.2) is 13.1 Å². The molecule has 17 heavy (non-hydrogen) atoms. The summed E-state index contributed by atoms with van der Waals surface area (Å²) in [6.07, 6.45) is 3.63. The van der Waals surface area contributed by atoms with E-state index in [1.807, 2.05) is 12.1 Å². The molecule has 2 nitrogen and oxygen atoms in total. The van der Waals surface area contributed by atoms with Crippen LogP contribution in [0.3, 0.4) is 0 Å². The molecular weight excluding hydrogens is 208 g/mol. The van der Waals surface area contributed by atoms with E-state index < -0.39 is 0 Å². The van der Waals surface area contributed by atoms with Crippen LogP contribution in [-0.2, 0) is 6.42 Å². The lowest BCUT2D eigenvalue weighted by molar-refractivity contribution is 0.516. The Morgan fingerprint density at radius 3 is 2.71 bits per heavy atom. The number of nitrogens with two attached hydrogens (primary N) is 1. The average molecular weight is 232 g/mol. The molecule has 0 aromatic heterocycles. The minimum absolute atomic E-state index is 0.594. The number of benzene rings is 1. The van der Waals surface area contributed by atoms with Crippen LogP contribution in [0.1, 0.15) is 32.3 Å². The molecule has 1 aromatic carbocycles. The van der Waals surface area contributed by atoms with Crippen LogP contribution in [0.15, 0.2) is 24.3 Å². The number of nitrogen functional groups attached to an aromatic ring is 1. The zero-order valence-corrected chi connectivity index (χ0v) is 11.0. The number of rotatable bonds is 6. The molecule has 0 saturated heterocycles. The van der Waals surface area contributed by atoms with Gasteiger partial charge in [-0.25, -0.2) is 0 Å². The SMILES string of the molecule is CC1(C)CC1CNCCCc1ccccc1N. The van der Waals surface area contributed by atoms with Crippen LogP contribution in [0, 0.1) is 11.3 Å². The van der Waals surface area contributed by atoms with Crippen molar-refractivity contribution < 1.29 is 0 Å². The van der Waals surface area contributed by atoms with Crippen LogP contribution in [0.25, 0.3) is 0 Å². The minimum Gasteiger partial charge on any atom is -0.399 e. The lowest BCUT2D eigenvalue weighted by Crippen LogP contribution is -2.20. The molecule has 0 aliphatic heterocycles. The number of para-hydroxylation sites is 1. The minimum atomic E-state index is 0.594. The van der Waals surface area contributed by atoms with Crippen molar-refractivity contribution in [1.82, 2.24) is 5.32 Å². The third-order valence-electron chi connectivity index (χ3n) is 3.96. The molecule has 3 N–H and O–H groups in total. The highest BCUT2D eigenvalue weighted by atomic mass is 14.9. The molecule has 94 valence electrons. The lowest BCUT2D eigenvalue weighted by atomic mass is 10.1. The van der Waals surface area contributed by atoms with Gasteiger partial charge >= 0.3 is 0 Å². The van der Waals surface area contributed by atoms with Gasteiger partial charge in [-0.2, -0.15) is 0 Å². The Morgan fingerprint density at radius 2 is 2.06 bits per heavy atom. The summed E-state index contributed by atoms with van der Waals surface area (Å²) in [5.41, 5.74) is 8.71. The normalized spacial score (nSPS) is 21.4. The van der Waals surface area contributed by atoms with E-state index in [2.05, 4.69) is 31.3 Å². The summed E-state index contributed by atoms with van der Waals surface area (Å²) in [5.74, 6) is 0.893. The molecule has 1 fully saturated rings. The summed E-state index contributed by atoms with van der Waals surface area (Å²) < 4.78 is 0. The van der Waals surface area contributed by atoms with E-state index in [1.165, 1.54) is 24.9 Å². The molecule has 1 aromatic rings. The molecule has 1 unspecified atom stereocenters. The highest BCUT2D eigenvalue weighted by Crippen LogP contribution is 2.50. The molecule has 2 rings (SSSR count). The smallest absolute Gasteiger partial charge is 0.0346 e. The standard InChI is InChI=1S/C15H24N2/c1-15(2)10-13(15)11-17-9-5-7-12-6-3-4-8-14(12)16/h3-4,6,8,13,17H,5,7,9-11,16H2,1-2H3. The Labute approximate surface area is 105 Å². The van der Waals surface area contributed by atoms with Crippen LogP contribution in [0.4, 0.5) is 5.69 Å². The Bertz CT molecular complexity index is 371. The topological polar surface area (TPSA) is 38.0 Å². The molecule has 0 amide bonds. The molecular formula is C15H24N2. The molecule has 0 heterocycles. The van der Waals surface area contributed by atoms with E-state index in [-0.39, 0.29) is 0 Å². The summed E-state index contributed by atoms with van der Waals surface area (Å²) in [7, 11) is 0. The average Bonchev–Trinajstić information content (AvgIpc) is 2.88. The first-order valence-electron chi connectivity index (χ1n) is 6.64. The van der Waals surface area contributed by atoms with Gasteiger partial charge in [0.2, 0.25) is 0 Å². The third-order valence-corrected chi connectivity index (χ3v) is 3.96. The van der Waals surface area contributed by atoms with E-state index in [1.54, 1.807) is 0 Å². The first kappa shape index (κ1) is 12.4. The Balaban J connectivity index is 1.59. The number of hydrogen-bond donors (Lipinski definition) is 2. The van der Waals surface area contributed by atoms with Gasteiger partial charge < -0.3 is 11.1 Å². The van der Waals surface area contributed by atoms with Gasteiger partial charge in [-0.05, 0) is 55.3 Å². The second-order valence-electron chi connectivity index (χ2n) is 5.90. The fraction of sp³-hybridized carbons (Fsp3) is 0.600. The van der Waals surface area contributed by atoms with Crippen molar-refractivity contribution in [1.29, 1.82) is 0 Å². The molecule has 1 saturated carbocycles. The van der Waals surface area contributed by atoms with Gasteiger partial charge in [0.25, 0.3) is 0 Å². The van der Waals surface area contributed by atoms with Gasteiger partial charge in [-0.15, -0.1) is 0 Å². The molecule has 0 radical (unpaired) electrons. The van der Waals surface area contributed by atoms with Gasteiger partial charge in [0, 0.05) is 5.69 Å². The molecule has 1 atom stereocenters. The second-order valence-corrected chi connectivity index (χ2v) is 5.90. The molecule has 0 bridgehead atoms. The predicted octanol–water partition coefficient (Wildman–Crippen LogP) is 2.84. The molecule has 2 heteroatoms. The summed E-state index contributed by atoms with van der Waals surface area (Å²) >= 11 is 0. The molecule has 0 spiro atoms. The lowest BCUT2D eigenvalue weighted by Gasteiger charge is -2.07. The van der Waals surface area contributed by atoms with Gasteiger partial charge in [0.15, 0.2) is 0 Å². The first-order valence-corrected chi connectivity index (χ1v) is 6.64. The van der Waals surface area contributed by atoms with E-state index in [0.717, 1.165) is 24.6 Å². The Morgan fingerprint density at radius 1 is 1.35 bits per heavy atom. The van der Waals surface area contributed by atoms with Crippen LogP contribution in [0.5, 0.6) is 0 Å². The van der Waals surface area contributed by atoms with Crippen LogP contribution in [0.2, 0.25) is 0 Å². The van der Waals surface area contributed by atoms with Crippen LogP contribution < -0.4 is 11.1 Å². The van der Waals surface area contributed by atoms with Crippen molar-refractivity contribution in [3.8, 4) is 0 Å². The summed E-state index contributed by atoms with van der Waals surface area (Å²) in [6, 6.07) is 8.16. The zero-order valence-electron chi connectivity index (χ0n) is 11.0. The maximum absolute atomic E-state index is 5.91. The number of anilines is 1. The van der Waals surface area contributed by atoms with Gasteiger partial charge in [0.05, 0.1) is 0 Å². The van der Waals surface area contributed by atoms with E-state index in [0.29, 0.717) is 5.41 Å². The largest absolute Gasteiger partial charge is 0.399 e. The van der Waals surface area contributed by atoms with Gasteiger partial charge in [-0.1, -0.05) is 32.0 Å². The fourth-order valence-corrected chi connectivity index (χ4v) is 2.37. The highest BCUT2D eigenvalue weighted by Gasteiger charge is 2.44. The van der Waals surface area contributed by atoms with Gasteiger partial charge in [-0.3, -0.25) is 0 Å². The molecule has 1 aliphatic carbocycles. The van der Waals surface area contributed by atoms with Crippen LogP contribution >= 0.6 is 0 Å². The maximum atomic E-state index is 5.91. The number of nitrogens with one attached hydrogen (secondary N) is 1. The van der Waals surface area contributed by atoms with E-state index >= 15 is 0 Å². The quantitative estimate of drug-likeness (QED) is 0.584. The highest BCUT2D eigenvalue weighted by molar-refractivity contribution is 5.46. The predicted molar refractivity (Wildman–Crippen MR) is 73.9 cm³/mol. The summed E-state index contributed by atoms with van der Waals surface area (Å²) in [6.45, 7) is 6.98. The number of aryl methyl sites for hydroxylation is 1. The monoisotopic (exact) mass is 232 g/mol. The number of hydrogen-bond acceptors (Lipinski definition) is 2. The zero-order chi connectivity index (χ0) is 12.3. The fourth-order valence-electron chi connectivity index (χ4n) is 2.37. The second kappa shape index (κ2) is 5.09. The van der Waals surface area contributed by atoms with E-state index in [4.69, 9.17) is 5.73 Å². The van der Waals surface area contributed by atoms with Crippen molar-refractivity contribution in [2.24, 2.45) is 11.3 Å². The van der Waals surface area contributed by atoms with Crippen molar-refractivity contribution in [3.05, 3.63) is 29.8 Å². The first-order chi connectivity index (χ1) is 8.09. The summed E-state index contributed by atoms with van der Waals surface area (Å²) in [4.78, 5) is 0. The Hall–Kier alpha value is -1.02. The van der Waals surface area contributed by atoms with Crippen molar-refractivity contribution in [3.63, 3.8) is 0 Å². The van der Waals surface area contributed by atoms with Crippen molar-refractivity contribution in [2.45, 2.75) is 33.1 Å².